The Hall–Kier alpha value is -1.40. The molecule has 6 heteroatoms. The number of amides is 1. The molecule has 1 fully saturated rings. The molecule has 0 bridgehead atoms. The van der Waals surface area contributed by atoms with Gasteiger partial charge in [0.25, 0.3) is 0 Å². The number of hydrogen-bond acceptors (Lipinski definition) is 3. The first-order valence-electron chi connectivity index (χ1n) is 5.87. The number of hydrogen-bond donors (Lipinski definition) is 1. The number of carbonyl (C=O) groups is 1. The molecule has 1 heterocycles. The maximum Gasteiger partial charge on any atom is 0.238 e. The van der Waals surface area contributed by atoms with Gasteiger partial charge in [-0.2, -0.15) is 0 Å². The molecule has 0 saturated carbocycles. The molecule has 1 amide bonds. The van der Waals surface area contributed by atoms with Crippen molar-refractivity contribution >= 4 is 15.9 Å². The Balaban J connectivity index is 2.26. The van der Waals surface area contributed by atoms with Crippen LogP contribution in [0.2, 0.25) is 0 Å². The number of sulfonamides is 1. The minimum Gasteiger partial charge on any atom is -0.338 e. The van der Waals surface area contributed by atoms with Gasteiger partial charge >= 0.3 is 0 Å². The molecular weight excluding hydrogens is 252 g/mol. The summed E-state index contributed by atoms with van der Waals surface area (Å²) in [6.45, 7) is 0.989. The topological polar surface area (TPSA) is 80.5 Å². The largest absolute Gasteiger partial charge is 0.338 e. The average Bonchev–Trinajstić information content (AvgIpc) is 2.31. The van der Waals surface area contributed by atoms with Crippen LogP contribution in [-0.2, 0) is 21.4 Å². The van der Waals surface area contributed by atoms with Crippen LogP contribution in [0.1, 0.15) is 24.8 Å². The number of primary sulfonamides is 1. The van der Waals surface area contributed by atoms with Gasteiger partial charge < -0.3 is 4.90 Å². The summed E-state index contributed by atoms with van der Waals surface area (Å²) in [5.41, 5.74) is 0.579. The zero-order valence-corrected chi connectivity index (χ0v) is 10.8. The molecule has 0 atom stereocenters. The number of nitrogens with zero attached hydrogens (tertiary/aromatic N) is 1. The molecule has 1 aliphatic heterocycles. The summed E-state index contributed by atoms with van der Waals surface area (Å²) in [4.78, 5) is 13.5. The van der Waals surface area contributed by atoms with Gasteiger partial charge in [-0.3, -0.25) is 4.79 Å². The van der Waals surface area contributed by atoms with Gasteiger partial charge in [0.2, 0.25) is 15.9 Å². The van der Waals surface area contributed by atoms with Gasteiger partial charge in [-0.1, -0.05) is 18.2 Å². The second-order valence-electron chi connectivity index (χ2n) is 4.43. The molecule has 0 unspecified atom stereocenters. The Morgan fingerprint density at radius 1 is 1.22 bits per heavy atom. The van der Waals surface area contributed by atoms with E-state index in [0.717, 1.165) is 12.8 Å². The summed E-state index contributed by atoms with van der Waals surface area (Å²) in [6, 6.07) is 6.54. The number of likely N-dealkylation sites (tertiary alicyclic amines) is 1. The Labute approximate surface area is 107 Å². The number of piperidine rings is 1. The van der Waals surface area contributed by atoms with Crippen LogP contribution in [0.25, 0.3) is 0 Å². The van der Waals surface area contributed by atoms with Crippen LogP contribution in [0.4, 0.5) is 0 Å². The highest BCUT2D eigenvalue weighted by molar-refractivity contribution is 7.89. The molecule has 1 aromatic carbocycles. The predicted octanol–water partition coefficient (Wildman–Crippen LogP) is 0.846. The molecule has 5 nitrogen and oxygen atoms in total. The standard InChI is InChI=1S/C12H16N2O3S/c13-18(16,17)11-6-2-1-5-10(11)9-14-8-4-3-7-12(14)15/h1-2,5-6H,3-4,7-9H2,(H2,13,16,17). The monoisotopic (exact) mass is 268 g/mol. The van der Waals surface area contributed by atoms with Crippen LogP contribution in [0.15, 0.2) is 29.2 Å². The predicted molar refractivity (Wildman–Crippen MR) is 67.1 cm³/mol. The summed E-state index contributed by atoms with van der Waals surface area (Å²) in [5, 5.41) is 5.17. The van der Waals surface area contributed by atoms with Gasteiger partial charge in [0.1, 0.15) is 0 Å². The highest BCUT2D eigenvalue weighted by Gasteiger charge is 2.21. The van der Waals surface area contributed by atoms with Crippen LogP contribution < -0.4 is 5.14 Å². The molecule has 0 aliphatic carbocycles. The summed E-state index contributed by atoms with van der Waals surface area (Å²) in [6.07, 6.45) is 2.41. The van der Waals surface area contributed by atoms with E-state index in [0.29, 0.717) is 25.1 Å². The zero-order chi connectivity index (χ0) is 13.2. The molecule has 0 aromatic heterocycles. The fourth-order valence-electron chi connectivity index (χ4n) is 2.15. The number of nitrogens with two attached hydrogens (primary N) is 1. The Morgan fingerprint density at radius 2 is 1.94 bits per heavy atom. The lowest BCUT2D eigenvalue weighted by atomic mass is 10.1. The van der Waals surface area contributed by atoms with Crippen molar-refractivity contribution in [3.05, 3.63) is 29.8 Å². The van der Waals surface area contributed by atoms with E-state index < -0.39 is 10.0 Å². The molecule has 2 rings (SSSR count). The summed E-state index contributed by atoms with van der Waals surface area (Å²) < 4.78 is 22.9. The van der Waals surface area contributed by atoms with E-state index in [1.54, 1.807) is 23.1 Å². The first kappa shape index (κ1) is 13.0. The van der Waals surface area contributed by atoms with Crippen LogP contribution in [0.5, 0.6) is 0 Å². The van der Waals surface area contributed by atoms with Crippen LogP contribution in [-0.4, -0.2) is 25.8 Å². The fraction of sp³-hybridized carbons (Fsp3) is 0.417. The molecule has 1 saturated heterocycles. The van der Waals surface area contributed by atoms with Gasteiger partial charge in [-0.15, -0.1) is 0 Å². The highest BCUT2D eigenvalue weighted by atomic mass is 32.2. The van der Waals surface area contributed by atoms with E-state index in [-0.39, 0.29) is 10.8 Å². The SMILES string of the molecule is NS(=O)(=O)c1ccccc1CN1CCCCC1=O. The van der Waals surface area contributed by atoms with Crippen LogP contribution in [0, 0.1) is 0 Å². The Bertz CT molecular complexity index is 554. The maximum absolute atomic E-state index is 11.7. The average molecular weight is 268 g/mol. The quantitative estimate of drug-likeness (QED) is 0.882. The van der Waals surface area contributed by atoms with Gasteiger partial charge in [-0.25, -0.2) is 13.6 Å². The number of rotatable bonds is 3. The second kappa shape index (κ2) is 5.07. The van der Waals surface area contributed by atoms with Gasteiger partial charge in [0, 0.05) is 19.5 Å². The van der Waals surface area contributed by atoms with Crippen molar-refractivity contribution in [2.75, 3.05) is 6.54 Å². The van der Waals surface area contributed by atoms with E-state index in [2.05, 4.69) is 0 Å². The number of benzene rings is 1. The molecule has 2 N–H and O–H groups in total. The van der Waals surface area contributed by atoms with Gasteiger partial charge in [0.05, 0.1) is 4.90 Å². The third kappa shape index (κ3) is 2.88. The van der Waals surface area contributed by atoms with E-state index in [1.165, 1.54) is 6.07 Å². The number of carbonyl (C=O) groups excluding carboxylic acids is 1. The van der Waals surface area contributed by atoms with Gasteiger partial charge in [0.15, 0.2) is 0 Å². The third-order valence-corrected chi connectivity index (χ3v) is 4.07. The van der Waals surface area contributed by atoms with Crippen LogP contribution >= 0.6 is 0 Å². The first-order valence-corrected chi connectivity index (χ1v) is 7.41. The van der Waals surface area contributed by atoms with E-state index >= 15 is 0 Å². The van der Waals surface area contributed by atoms with Crippen molar-refractivity contribution in [1.29, 1.82) is 0 Å². The molecule has 0 spiro atoms. The van der Waals surface area contributed by atoms with Crippen molar-refractivity contribution < 1.29 is 13.2 Å². The smallest absolute Gasteiger partial charge is 0.238 e. The maximum atomic E-state index is 11.7. The first-order chi connectivity index (χ1) is 8.48. The lowest BCUT2D eigenvalue weighted by Crippen LogP contribution is -2.35. The molecular formula is C12H16N2O3S. The van der Waals surface area contributed by atoms with E-state index in [4.69, 9.17) is 5.14 Å². The van der Waals surface area contributed by atoms with Crippen LogP contribution in [0.3, 0.4) is 0 Å². The minimum absolute atomic E-state index is 0.0745. The van der Waals surface area contributed by atoms with E-state index in [1.807, 2.05) is 0 Å². The van der Waals surface area contributed by atoms with Crippen molar-refractivity contribution in [1.82, 2.24) is 4.90 Å². The normalized spacial score (nSPS) is 16.9. The Morgan fingerprint density at radius 3 is 2.61 bits per heavy atom. The third-order valence-electron chi connectivity index (χ3n) is 3.06. The molecule has 1 aliphatic rings. The van der Waals surface area contributed by atoms with Crippen molar-refractivity contribution in [2.45, 2.75) is 30.7 Å². The van der Waals surface area contributed by atoms with E-state index in [9.17, 15) is 13.2 Å². The zero-order valence-electron chi connectivity index (χ0n) is 10.0. The molecule has 98 valence electrons. The summed E-state index contributed by atoms with van der Waals surface area (Å²) in [7, 11) is -3.74. The highest BCUT2D eigenvalue weighted by Crippen LogP contribution is 2.19. The Kier molecular flexibility index (Phi) is 3.68. The van der Waals surface area contributed by atoms with Crippen molar-refractivity contribution in [3.8, 4) is 0 Å². The fourth-order valence-corrected chi connectivity index (χ4v) is 2.91. The summed E-state index contributed by atoms with van der Waals surface area (Å²) in [5.74, 6) is 0.0745. The summed E-state index contributed by atoms with van der Waals surface area (Å²) >= 11 is 0. The van der Waals surface area contributed by atoms with Crippen molar-refractivity contribution in [3.63, 3.8) is 0 Å². The van der Waals surface area contributed by atoms with Gasteiger partial charge in [-0.05, 0) is 24.5 Å². The lowest BCUT2D eigenvalue weighted by molar-refractivity contribution is -0.133. The molecule has 18 heavy (non-hydrogen) atoms. The van der Waals surface area contributed by atoms with Crippen molar-refractivity contribution in [2.24, 2.45) is 5.14 Å². The second-order valence-corrected chi connectivity index (χ2v) is 5.95. The minimum atomic E-state index is -3.74. The molecule has 0 radical (unpaired) electrons. The lowest BCUT2D eigenvalue weighted by Gasteiger charge is -2.27. The molecule has 1 aromatic rings.